The molecule has 28 heavy (non-hydrogen) atoms. The second-order valence-corrected chi connectivity index (χ2v) is 6.02. The minimum absolute atomic E-state index is 0.108. The van der Waals surface area contributed by atoms with Crippen LogP contribution in [0.2, 0.25) is 0 Å². The number of carbonyl (C=O) groups is 1. The Morgan fingerprint density at radius 3 is 2.93 bits per heavy atom. The molecule has 2 aromatic carbocycles. The zero-order valence-electron chi connectivity index (χ0n) is 15.1. The van der Waals surface area contributed by atoms with Gasteiger partial charge in [-0.25, -0.2) is 0 Å². The molecule has 0 saturated heterocycles. The van der Waals surface area contributed by atoms with Crippen molar-refractivity contribution in [2.45, 2.75) is 6.61 Å². The van der Waals surface area contributed by atoms with Crippen molar-refractivity contribution in [2.75, 3.05) is 25.8 Å². The van der Waals surface area contributed by atoms with Crippen LogP contribution in [-0.2, 0) is 16.1 Å². The van der Waals surface area contributed by atoms with Crippen LogP contribution in [0.1, 0.15) is 5.69 Å². The molecule has 0 radical (unpaired) electrons. The zero-order chi connectivity index (χ0) is 19.3. The van der Waals surface area contributed by atoms with Gasteiger partial charge < -0.3 is 28.8 Å². The van der Waals surface area contributed by atoms with Crippen molar-refractivity contribution in [2.24, 2.45) is 0 Å². The van der Waals surface area contributed by atoms with E-state index in [1.54, 1.807) is 37.4 Å². The van der Waals surface area contributed by atoms with Crippen LogP contribution >= 0.6 is 0 Å². The molecule has 3 aromatic rings. The van der Waals surface area contributed by atoms with Crippen LogP contribution in [0, 0.1) is 0 Å². The Hall–Kier alpha value is -3.52. The molecule has 8 heteroatoms. The zero-order valence-corrected chi connectivity index (χ0v) is 15.1. The monoisotopic (exact) mass is 382 g/mol. The second-order valence-electron chi connectivity index (χ2n) is 6.02. The number of hydrogen-bond donors (Lipinski definition) is 1. The van der Waals surface area contributed by atoms with E-state index >= 15 is 0 Å². The number of amides is 1. The smallest absolute Gasteiger partial charge is 0.250 e. The number of nitrogens with one attached hydrogen (secondary N) is 1. The minimum atomic E-state index is -0.271. The van der Waals surface area contributed by atoms with Crippen molar-refractivity contribution >= 4 is 11.6 Å². The van der Waals surface area contributed by atoms with Crippen LogP contribution < -0.4 is 19.5 Å². The number of anilines is 1. The molecule has 8 nitrogen and oxygen atoms in total. The lowest BCUT2D eigenvalue weighted by Gasteiger charge is -2.07. The van der Waals surface area contributed by atoms with Gasteiger partial charge in [-0.1, -0.05) is 11.2 Å². The van der Waals surface area contributed by atoms with Crippen LogP contribution in [-0.4, -0.2) is 31.6 Å². The molecule has 0 unspecified atom stereocenters. The molecule has 144 valence electrons. The van der Waals surface area contributed by atoms with Crippen LogP contribution in [0.15, 0.2) is 53.1 Å². The van der Waals surface area contributed by atoms with Gasteiger partial charge in [0.05, 0.1) is 13.7 Å². The first kappa shape index (κ1) is 17.9. The number of methoxy groups -OCH3 is 1. The molecular weight excluding hydrogens is 364 g/mol. The van der Waals surface area contributed by atoms with Gasteiger partial charge in [0, 0.05) is 23.4 Å². The van der Waals surface area contributed by atoms with Crippen LogP contribution in [0.25, 0.3) is 11.3 Å². The van der Waals surface area contributed by atoms with Gasteiger partial charge in [0.15, 0.2) is 17.3 Å². The fraction of sp³-hybridized carbons (Fsp3) is 0.200. The molecule has 0 atom stereocenters. The highest BCUT2D eigenvalue weighted by molar-refractivity contribution is 5.91. The van der Waals surface area contributed by atoms with Crippen molar-refractivity contribution in [3.05, 3.63) is 54.2 Å². The van der Waals surface area contributed by atoms with Gasteiger partial charge in [0.2, 0.25) is 12.7 Å². The quantitative estimate of drug-likeness (QED) is 0.671. The summed E-state index contributed by atoms with van der Waals surface area (Å²) in [7, 11) is 1.57. The molecule has 1 aliphatic heterocycles. The maximum absolute atomic E-state index is 12.0. The van der Waals surface area contributed by atoms with E-state index in [9.17, 15) is 4.79 Å². The largest absolute Gasteiger partial charge is 0.497 e. The van der Waals surface area contributed by atoms with Gasteiger partial charge in [-0.2, -0.15) is 0 Å². The summed E-state index contributed by atoms with van der Waals surface area (Å²) in [6, 6.07) is 14.4. The summed E-state index contributed by atoms with van der Waals surface area (Å²) < 4.78 is 26.5. The fourth-order valence-corrected chi connectivity index (χ4v) is 2.71. The summed E-state index contributed by atoms with van der Waals surface area (Å²) >= 11 is 0. The molecule has 2 heterocycles. The Kier molecular flexibility index (Phi) is 5.11. The molecule has 0 aliphatic carbocycles. The first-order valence-electron chi connectivity index (χ1n) is 8.58. The molecule has 1 aliphatic rings. The average Bonchev–Trinajstić information content (AvgIpc) is 3.37. The van der Waals surface area contributed by atoms with Crippen molar-refractivity contribution in [3.63, 3.8) is 0 Å². The van der Waals surface area contributed by atoms with E-state index < -0.39 is 0 Å². The lowest BCUT2D eigenvalue weighted by molar-refractivity contribution is -0.121. The van der Waals surface area contributed by atoms with E-state index in [4.69, 9.17) is 23.5 Å². The van der Waals surface area contributed by atoms with Gasteiger partial charge in [-0.3, -0.25) is 4.79 Å². The van der Waals surface area contributed by atoms with Gasteiger partial charge in [0.1, 0.15) is 18.1 Å². The molecular formula is C20H18N2O6. The highest BCUT2D eigenvalue weighted by Crippen LogP contribution is 2.36. The van der Waals surface area contributed by atoms with Crippen molar-refractivity contribution < 1.29 is 28.3 Å². The summed E-state index contributed by atoms with van der Waals surface area (Å²) in [4.78, 5) is 12.0. The van der Waals surface area contributed by atoms with Crippen molar-refractivity contribution in [1.82, 2.24) is 5.16 Å². The third-order valence-electron chi connectivity index (χ3n) is 4.05. The third-order valence-corrected chi connectivity index (χ3v) is 4.05. The van der Waals surface area contributed by atoms with Gasteiger partial charge in [-0.05, 0) is 30.3 Å². The van der Waals surface area contributed by atoms with Crippen LogP contribution in [0.5, 0.6) is 17.2 Å². The molecule has 1 N–H and O–H groups in total. The molecule has 0 saturated carbocycles. The maximum Gasteiger partial charge on any atom is 0.250 e. The summed E-state index contributed by atoms with van der Waals surface area (Å²) in [5.74, 6) is 2.35. The third kappa shape index (κ3) is 4.07. The number of rotatable bonds is 7. The Bertz CT molecular complexity index is 984. The van der Waals surface area contributed by atoms with Crippen LogP contribution in [0.3, 0.4) is 0 Å². The predicted molar refractivity (Wildman–Crippen MR) is 99.3 cm³/mol. The summed E-state index contributed by atoms with van der Waals surface area (Å²) in [6.45, 7) is 0.259. The Balaban J connectivity index is 1.29. The van der Waals surface area contributed by atoms with Crippen molar-refractivity contribution in [3.8, 4) is 28.6 Å². The number of ether oxygens (including phenoxy) is 4. The highest BCUT2D eigenvalue weighted by Gasteiger charge is 2.16. The SMILES string of the molecule is COc1cccc(NC(=O)COCc2cc(-c3ccc4c(c3)OCO4)on2)c1. The number of hydrogen-bond acceptors (Lipinski definition) is 7. The molecule has 1 amide bonds. The average molecular weight is 382 g/mol. The Labute approximate surface area is 160 Å². The molecule has 1 aromatic heterocycles. The first-order chi connectivity index (χ1) is 13.7. The fourth-order valence-electron chi connectivity index (χ4n) is 2.71. The Morgan fingerprint density at radius 2 is 2.04 bits per heavy atom. The van der Waals surface area contributed by atoms with Gasteiger partial charge >= 0.3 is 0 Å². The number of fused-ring (bicyclic) bond motifs is 1. The second kappa shape index (κ2) is 8.01. The van der Waals surface area contributed by atoms with Crippen LogP contribution in [0.4, 0.5) is 5.69 Å². The predicted octanol–water partition coefficient (Wildman–Crippen LogP) is 3.23. The van der Waals surface area contributed by atoms with E-state index in [1.807, 2.05) is 18.2 Å². The van der Waals surface area contributed by atoms with E-state index in [0.29, 0.717) is 34.4 Å². The summed E-state index contributed by atoms with van der Waals surface area (Å²) in [5.41, 5.74) is 2.04. The molecule has 4 rings (SSSR count). The summed E-state index contributed by atoms with van der Waals surface area (Å²) in [5, 5.41) is 6.71. The van der Waals surface area contributed by atoms with Crippen molar-refractivity contribution in [1.29, 1.82) is 0 Å². The summed E-state index contributed by atoms with van der Waals surface area (Å²) in [6.07, 6.45) is 0. The topological polar surface area (TPSA) is 92.1 Å². The van der Waals surface area contributed by atoms with Gasteiger partial charge in [0.25, 0.3) is 0 Å². The standard InChI is InChI=1S/C20H18N2O6/c1-24-16-4-2-3-14(8-16)21-20(23)11-25-10-15-9-18(28-22-15)13-5-6-17-19(7-13)27-12-26-17/h2-9H,10-12H2,1H3,(H,21,23). The van der Waals surface area contributed by atoms with E-state index in [2.05, 4.69) is 10.5 Å². The minimum Gasteiger partial charge on any atom is -0.497 e. The first-order valence-corrected chi connectivity index (χ1v) is 8.58. The number of nitrogens with zero attached hydrogens (tertiary/aromatic N) is 1. The number of benzene rings is 2. The Morgan fingerprint density at radius 1 is 1.14 bits per heavy atom. The lowest BCUT2D eigenvalue weighted by atomic mass is 10.1. The van der Waals surface area contributed by atoms with E-state index in [1.165, 1.54) is 0 Å². The number of aromatic nitrogens is 1. The van der Waals surface area contributed by atoms with E-state index in [-0.39, 0.29) is 25.9 Å². The molecule has 0 fully saturated rings. The lowest BCUT2D eigenvalue weighted by Crippen LogP contribution is -2.18. The van der Waals surface area contributed by atoms with Gasteiger partial charge in [-0.15, -0.1) is 0 Å². The highest BCUT2D eigenvalue weighted by atomic mass is 16.7. The van der Waals surface area contributed by atoms with E-state index in [0.717, 1.165) is 5.56 Å². The number of carbonyl (C=O) groups excluding carboxylic acids is 1. The molecule has 0 spiro atoms. The maximum atomic E-state index is 12.0. The normalized spacial score (nSPS) is 12.0. The molecule has 0 bridgehead atoms.